The Morgan fingerprint density at radius 1 is 0.786 bits per heavy atom. The van der Waals surface area contributed by atoms with E-state index < -0.39 is 6.83 Å². The normalized spacial score (nSPS) is 15.1. The third-order valence-electron chi connectivity index (χ3n) is 2.53. The van der Waals surface area contributed by atoms with Crippen LogP contribution in [0, 0.1) is 0 Å². The maximum absolute atomic E-state index is 10.1. The molecule has 0 aromatic carbocycles. The van der Waals surface area contributed by atoms with Gasteiger partial charge in [0, 0.05) is 0 Å². The summed E-state index contributed by atoms with van der Waals surface area (Å²) in [6, 6.07) is 0. The van der Waals surface area contributed by atoms with Gasteiger partial charge in [0.2, 0.25) is 0 Å². The van der Waals surface area contributed by atoms with Gasteiger partial charge < -0.3 is 0 Å². The van der Waals surface area contributed by atoms with Gasteiger partial charge in [-0.15, -0.1) is 0 Å². The molecule has 0 aliphatic heterocycles. The first-order valence-corrected chi connectivity index (χ1v) is 9.78. The molecule has 0 aliphatic carbocycles. The number of hydrogen-bond acceptors (Lipinski definition) is 1. The Hall–Kier alpha value is 0.390. The predicted molar refractivity (Wildman–Crippen MR) is 69.8 cm³/mol. The van der Waals surface area contributed by atoms with Crippen molar-refractivity contribution in [2.24, 2.45) is 0 Å². The minimum absolute atomic E-state index is 1.04. The second-order valence-corrected chi connectivity index (χ2v) is 12.4. The van der Waals surface area contributed by atoms with Crippen molar-refractivity contribution in [3.05, 3.63) is 0 Å². The molecule has 0 heterocycles. The van der Waals surface area contributed by atoms with Gasteiger partial charge in [-0.2, -0.15) is 0 Å². The summed E-state index contributed by atoms with van der Waals surface area (Å²) < 4.78 is 0. The first-order valence-electron chi connectivity index (χ1n) is 6.06. The molecule has 0 bridgehead atoms. The predicted octanol–water partition coefficient (Wildman–Crippen LogP) is 4.09. The van der Waals surface area contributed by atoms with Crippen molar-refractivity contribution in [1.82, 2.24) is 0 Å². The molecule has 0 fully saturated rings. The maximum atomic E-state index is 10.1. The van der Waals surface area contributed by atoms with Crippen molar-refractivity contribution in [2.45, 2.75) is 51.9 Å². The molecule has 1 N–H and O–H groups in total. The van der Waals surface area contributed by atoms with Gasteiger partial charge >= 0.3 is 89.7 Å². The zero-order valence-corrected chi connectivity index (χ0v) is 11.4. The van der Waals surface area contributed by atoms with E-state index in [4.69, 9.17) is 0 Å². The quantitative estimate of drug-likeness (QED) is 0.482. The van der Waals surface area contributed by atoms with Crippen LogP contribution in [0.25, 0.3) is 0 Å². The van der Waals surface area contributed by atoms with Gasteiger partial charge in [-0.05, 0) is 0 Å². The van der Waals surface area contributed by atoms with Gasteiger partial charge in [0.25, 0.3) is 0 Å². The molecule has 0 aliphatic rings. The van der Waals surface area contributed by atoms with Crippen LogP contribution in [0.1, 0.15) is 51.9 Å². The number of hydrogen-bond donors (Lipinski definition) is 1. The van der Waals surface area contributed by atoms with E-state index in [9.17, 15) is 4.89 Å². The third kappa shape index (κ3) is 12.4. The van der Waals surface area contributed by atoms with Gasteiger partial charge in [-0.25, -0.2) is 0 Å². The van der Waals surface area contributed by atoms with Crippen LogP contribution < -0.4 is 0 Å². The van der Waals surface area contributed by atoms with Crippen LogP contribution in [0.2, 0.25) is 0 Å². The summed E-state index contributed by atoms with van der Waals surface area (Å²) in [4.78, 5) is 10.1. The molecule has 0 amide bonds. The first kappa shape index (κ1) is 14.4. The van der Waals surface area contributed by atoms with E-state index in [0.717, 1.165) is 6.16 Å². The van der Waals surface area contributed by atoms with Crippen LogP contribution in [0.3, 0.4) is 0 Å². The number of unbranched alkanes of at least 4 members (excludes halogenated alkanes) is 6. The fourth-order valence-electron chi connectivity index (χ4n) is 1.61. The second-order valence-electron chi connectivity index (χ2n) is 5.88. The van der Waals surface area contributed by atoms with E-state index in [1.165, 1.54) is 44.9 Å². The molecule has 0 saturated carbocycles. The zero-order valence-electron chi connectivity index (χ0n) is 10.6. The Morgan fingerprint density at radius 2 is 1.21 bits per heavy atom. The molecule has 0 aromatic rings. The molecular formula is C12H29OP. The Kier molecular flexibility index (Phi) is 6.25. The van der Waals surface area contributed by atoms with Crippen molar-refractivity contribution >= 4 is 6.83 Å². The SMILES string of the molecule is CCCCCCCCCP(C)(C)(C)O. The average molecular weight is 220 g/mol. The molecule has 2 heteroatoms. The van der Waals surface area contributed by atoms with Gasteiger partial charge in [-0.3, -0.25) is 0 Å². The van der Waals surface area contributed by atoms with Crippen molar-refractivity contribution in [1.29, 1.82) is 0 Å². The van der Waals surface area contributed by atoms with Gasteiger partial charge in [-0.1, -0.05) is 0 Å². The summed E-state index contributed by atoms with van der Waals surface area (Å²) in [6.07, 6.45) is 10.4. The van der Waals surface area contributed by atoms with E-state index in [2.05, 4.69) is 6.92 Å². The van der Waals surface area contributed by atoms with Crippen molar-refractivity contribution in [3.8, 4) is 0 Å². The van der Waals surface area contributed by atoms with Crippen LogP contribution in [-0.4, -0.2) is 31.0 Å². The Bertz CT molecular complexity index is 137. The first-order chi connectivity index (χ1) is 6.31. The molecule has 0 unspecified atom stereocenters. The van der Waals surface area contributed by atoms with Gasteiger partial charge in [0.1, 0.15) is 0 Å². The molecule has 0 radical (unpaired) electrons. The summed E-state index contributed by atoms with van der Waals surface area (Å²) in [6.45, 7) is 6.20. The number of rotatable bonds is 8. The molecule has 0 aromatic heterocycles. The molecule has 1 nitrogen and oxygen atoms in total. The molecule has 0 saturated heterocycles. The molecule has 0 spiro atoms. The van der Waals surface area contributed by atoms with Crippen molar-refractivity contribution in [3.63, 3.8) is 0 Å². The summed E-state index contributed by atoms with van der Waals surface area (Å²) in [7, 11) is 0. The van der Waals surface area contributed by atoms with Crippen molar-refractivity contribution < 1.29 is 4.89 Å². The summed E-state index contributed by atoms with van der Waals surface area (Å²) >= 11 is 0. The molecule has 0 atom stereocenters. The van der Waals surface area contributed by atoms with Crippen molar-refractivity contribution in [2.75, 3.05) is 26.2 Å². The van der Waals surface area contributed by atoms with E-state index >= 15 is 0 Å². The van der Waals surface area contributed by atoms with Gasteiger partial charge in [0.05, 0.1) is 0 Å². The molecule has 0 rings (SSSR count). The second kappa shape index (κ2) is 6.08. The molecule has 88 valence electrons. The van der Waals surface area contributed by atoms with Crippen LogP contribution in [0.5, 0.6) is 0 Å². The van der Waals surface area contributed by atoms with Crippen LogP contribution in [0.15, 0.2) is 0 Å². The standard InChI is InChI=1S/C12H29OP/c1-5-6-7-8-9-10-11-12-14(2,3,4)13/h13H,5-12H2,1-4H3. The van der Waals surface area contributed by atoms with E-state index in [0.29, 0.717) is 0 Å². The van der Waals surface area contributed by atoms with Crippen LogP contribution in [-0.2, 0) is 0 Å². The zero-order chi connectivity index (χ0) is 11.1. The summed E-state index contributed by atoms with van der Waals surface area (Å²) in [5.74, 6) is 0. The Balaban J connectivity index is 3.23. The topological polar surface area (TPSA) is 20.2 Å². The average Bonchev–Trinajstić information content (AvgIpc) is 2.00. The van der Waals surface area contributed by atoms with Crippen LogP contribution in [0.4, 0.5) is 0 Å². The Labute approximate surface area is 90.3 Å². The fraction of sp³-hybridized carbons (Fsp3) is 1.00. The Morgan fingerprint density at radius 3 is 1.64 bits per heavy atom. The van der Waals surface area contributed by atoms with E-state index in [-0.39, 0.29) is 0 Å². The van der Waals surface area contributed by atoms with E-state index in [1.807, 2.05) is 20.0 Å². The fourth-order valence-corrected chi connectivity index (χ4v) is 2.93. The molecular weight excluding hydrogens is 191 g/mol. The van der Waals surface area contributed by atoms with Crippen LogP contribution >= 0.6 is 6.83 Å². The summed E-state index contributed by atoms with van der Waals surface area (Å²) in [5.41, 5.74) is 0. The van der Waals surface area contributed by atoms with Gasteiger partial charge in [0.15, 0.2) is 0 Å². The van der Waals surface area contributed by atoms with E-state index in [1.54, 1.807) is 0 Å². The third-order valence-corrected chi connectivity index (χ3v) is 4.39. The molecule has 14 heavy (non-hydrogen) atoms. The summed E-state index contributed by atoms with van der Waals surface area (Å²) in [5, 5.41) is 0. The minimum atomic E-state index is -2.19. The monoisotopic (exact) mass is 220 g/mol.